The number of esters is 1. The number of amides is 2. The van der Waals surface area contributed by atoms with Crippen molar-refractivity contribution in [3.63, 3.8) is 0 Å². The quantitative estimate of drug-likeness (QED) is 0.656. The number of ether oxygens (including phenoxy) is 1. The summed E-state index contributed by atoms with van der Waals surface area (Å²) in [6.07, 6.45) is 2.13. The van der Waals surface area contributed by atoms with E-state index in [2.05, 4.69) is 20.6 Å². The van der Waals surface area contributed by atoms with E-state index in [1.54, 1.807) is 32.2 Å². The molecule has 26 heavy (non-hydrogen) atoms. The van der Waals surface area contributed by atoms with Crippen LogP contribution in [0.1, 0.15) is 55.1 Å². The molecule has 1 aromatic heterocycles. The summed E-state index contributed by atoms with van der Waals surface area (Å²) in [5.41, 5.74) is 1.56. The Hall–Kier alpha value is -2.54. The fourth-order valence-corrected chi connectivity index (χ4v) is 2.49. The molecule has 1 aromatic carbocycles. The number of aromatic nitrogens is 2. The van der Waals surface area contributed by atoms with Crippen LogP contribution in [0.15, 0.2) is 24.4 Å². The third-order valence-electron chi connectivity index (χ3n) is 3.56. The molecule has 0 radical (unpaired) electrons. The average molecular weight is 379 g/mol. The molecule has 0 aliphatic carbocycles. The standard InChI is InChI=1S/C18H23ClN4O3/c1-5-14(16-20-9-11(4)21-16)22-18(25)23-15-8-12(6-7-13(15)19)17(24)26-10(2)3/h6-10,14H,5H2,1-4H3,(H,20,21)(H2,22,23,25)/t14-/m0/s1. The fraction of sp³-hybridized carbons (Fsp3) is 0.389. The lowest BCUT2D eigenvalue weighted by atomic mass is 10.2. The van der Waals surface area contributed by atoms with E-state index >= 15 is 0 Å². The topological polar surface area (TPSA) is 96.1 Å². The van der Waals surface area contributed by atoms with Crippen LogP contribution in [0.25, 0.3) is 0 Å². The first-order valence-corrected chi connectivity index (χ1v) is 8.77. The van der Waals surface area contributed by atoms with Gasteiger partial charge in [0.25, 0.3) is 0 Å². The van der Waals surface area contributed by atoms with E-state index < -0.39 is 12.0 Å². The maximum atomic E-state index is 12.3. The maximum absolute atomic E-state index is 12.3. The number of benzene rings is 1. The van der Waals surface area contributed by atoms with E-state index in [-0.39, 0.29) is 12.1 Å². The molecular weight excluding hydrogens is 356 g/mol. The van der Waals surface area contributed by atoms with Gasteiger partial charge in [-0.3, -0.25) is 0 Å². The van der Waals surface area contributed by atoms with Crippen LogP contribution in [0, 0.1) is 6.92 Å². The van der Waals surface area contributed by atoms with Gasteiger partial charge in [0.1, 0.15) is 5.82 Å². The molecule has 140 valence electrons. The molecule has 7 nitrogen and oxygen atoms in total. The first-order chi connectivity index (χ1) is 12.3. The van der Waals surface area contributed by atoms with E-state index in [0.29, 0.717) is 28.5 Å². The van der Waals surface area contributed by atoms with Crippen LogP contribution in [0.3, 0.4) is 0 Å². The number of carbonyl (C=O) groups is 2. The number of nitrogens with zero attached hydrogens (tertiary/aromatic N) is 1. The summed E-state index contributed by atoms with van der Waals surface area (Å²) >= 11 is 6.13. The summed E-state index contributed by atoms with van der Waals surface area (Å²) in [4.78, 5) is 31.7. The number of nitrogens with one attached hydrogen (secondary N) is 3. The lowest BCUT2D eigenvalue weighted by Crippen LogP contribution is -2.33. The molecule has 0 bridgehead atoms. The van der Waals surface area contributed by atoms with E-state index in [0.717, 1.165) is 5.69 Å². The van der Waals surface area contributed by atoms with Crippen molar-refractivity contribution in [2.24, 2.45) is 0 Å². The number of halogens is 1. The number of anilines is 1. The minimum absolute atomic E-state index is 0.236. The highest BCUT2D eigenvalue weighted by Crippen LogP contribution is 2.24. The number of carbonyl (C=O) groups excluding carboxylic acids is 2. The van der Waals surface area contributed by atoms with Crippen LogP contribution in [-0.4, -0.2) is 28.1 Å². The first-order valence-electron chi connectivity index (χ1n) is 8.39. The molecule has 0 aliphatic rings. The Balaban J connectivity index is 2.09. The van der Waals surface area contributed by atoms with Gasteiger partial charge in [0, 0.05) is 11.9 Å². The Morgan fingerprint density at radius 3 is 2.65 bits per heavy atom. The van der Waals surface area contributed by atoms with Gasteiger partial charge in [0.15, 0.2) is 0 Å². The second-order valence-corrected chi connectivity index (χ2v) is 6.57. The third kappa shape index (κ3) is 5.23. The molecule has 0 saturated carbocycles. The second kappa shape index (κ2) is 8.71. The molecule has 2 amide bonds. The molecule has 0 saturated heterocycles. The number of rotatable bonds is 6. The molecule has 0 unspecified atom stereocenters. The Bertz CT molecular complexity index is 788. The lowest BCUT2D eigenvalue weighted by molar-refractivity contribution is 0.0378. The molecule has 2 rings (SSSR count). The molecule has 1 heterocycles. The van der Waals surface area contributed by atoms with Gasteiger partial charge in [-0.1, -0.05) is 18.5 Å². The van der Waals surface area contributed by atoms with Crippen molar-refractivity contribution in [2.45, 2.75) is 46.3 Å². The number of imidazole rings is 1. The Morgan fingerprint density at radius 1 is 1.35 bits per heavy atom. The van der Waals surface area contributed by atoms with E-state index in [1.165, 1.54) is 6.07 Å². The summed E-state index contributed by atoms with van der Waals surface area (Å²) in [5, 5.41) is 5.83. The average Bonchev–Trinajstić information content (AvgIpc) is 3.00. The predicted molar refractivity (Wildman–Crippen MR) is 101 cm³/mol. The minimum atomic E-state index is -0.474. The third-order valence-corrected chi connectivity index (χ3v) is 3.89. The van der Waals surface area contributed by atoms with E-state index in [4.69, 9.17) is 16.3 Å². The molecule has 3 N–H and O–H groups in total. The largest absolute Gasteiger partial charge is 0.459 e. The van der Waals surface area contributed by atoms with Gasteiger partial charge >= 0.3 is 12.0 Å². The van der Waals surface area contributed by atoms with Crippen LogP contribution >= 0.6 is 11.6 Å². The van der Waals surface area contributed by atoms with Gasteiger partial charge in [-0.25, -0.2) is 14.6 Å². The lowest BCUT2D eigenvalue weighted by Gasteiger charge is -2.16. The summed E-state index contributed by atoms with van der Waals surface area (Å²) in [6, 6.07) is 3.88. The normalized spacial score (nSPS) is 11.9. The SMILES string of the molecule is CC[C@H](NC(=O)Nc1cc(C(=O)OC(C)C)ccc1Cl)c1ncc(C)[nH]1. The van der Waals surface area contributed by atoms with Crippen molar-refractivity contribution in [1.82, 2.24) is 15.3 Å². The Kier molecular flexibility index (Phi) is 6.63. The second-order valence-electron chi connectivity index (χ2n) is 6.16. The Labute approximate surface area is 157 Å². The van der Waals surface area contributed by atoms with Gasteiger partial charge in [-0.2, -0.15) is 0 Å². The van der Waals surface area contributed by atoms with Crippen LogP contribution in [0.5, 0.6) is 0 Å². The molecule has 0 spiro atoms. The van der Waals surface area contributed by atoms with Crippen LogP contribution < -0.4 is 10.6 Å². The van der Waals surface area contributed by atoms with Gasteiger partial charge in [0.2, 0.25) is 0 Å². The number of hydrogen-bond donors (Lipinski definition) is 3. The molecule has 0 aliphatic heterocycles. The summed E-state index contributed by atoms with van der Waals surface area (Å²) in [5.74, 6) is 0.207. The highest BCUT2D eigenvalue weighted by atomic mass is 35.5. The molecule has 2 aromatic rings. The van der Waals surface area contributed by atoms with E-state index in [1.807, 2.05) is 13.8 Å². The van der Waals surface area contributed by atoms with Crippen molar-refractivity contribution in [2.75, 3.05) is 5.32 Å². The molecule has 0 fully saturated rings. The van der Waals surface area contributed by atoms with Crippen LogP contribution in [-0.2, 0) is 4.74 Å². The van der Waals surface area contributed by atoms with Crippen LogP contribution in [0.2, 0.25) is 5.02 Å². The van der Waals surface area contributed by atoms with Gasteiger partial charge in [-0.15, -0.1) is 0 Å². The number of hydrogen-bond acceptors (Lipinski definition) is 4. The number of H-pyrrole nitrogens is 1. The van der Waals surface area contributed by atoms with Gasteiger partial charge in [0.05, 0.1) is 28.4 Å². The minimum Gasteiger partial charge on any atom is -0.459 e. The zero-order chi connectivity index (χ0) is 19.3. The highest BCUT2D eigenvalue weighted by Gasteiger charge is 2.17. The van der Waals surface area contributed by atoms with Crippen molar-refractivity contribution < 1.29 is 14.3 Å². The molecule has 8 heteroatoms. The highest BCUT2D eigenvalue weighted by molar-refractivity contribution is 6.33. The van der Waals surface area contributed by atoms with Crippen molar-refractivity contribution in [3.8, 4) is 0 Å². The van der Waals surface area contributed by atoms with Crippen molar-refractivity contribution in [3.05, 3.63) is 46.5 Å². The zero-order valence-electron chi connectivity index (χ0n) is 15.2. The summed E-state index contributed by atoms with van der Waals surface area (Å²) in [6.45, 7) is 7.37. The van der Waals surface area contributed by atoms with Crippen LogP contribution in [0.4, 0.5) is 10.5 Å². The van der Waals surface area contributed by atoms with Gasteiger partial charge < -0.3 is 20.4 Å². The van der Waals surface area contributed by atoms with Gasteiger partial charge in [-0.05, 0) is 45.4 Å². The number of urea groups is 1. The predicted octanol–water partition coefficient (Wildman–Crippen LogP) is 4.21. The van der Waals surface area contributed by atoms with Crippen molar-refractivity contribution >= 4 is 29.3 Å². The molecular formula is C18H23ClN4O3. The smallest absolute Gasteiger partial charge is 0.338 e. The van der Waals surface area contributed by atoms with E-state index in [9.17, 15) is 9.59 Å². The Morgan fingerprint density at radius 2 is 2.08 bits per heavy atom. The van der Waals surface area contributed by atoms with Crippen molar-refractivity contribution in [1.29, 1.82) is 0 Å². The molecule has 1 atom stereocenters. The number of aryl methyl sites for hydroxylation is 1. The maximum Gasteiger partial charge on any atom is 0.338 e. The summed E-state index contributed by atoms with van der Waals surface area (Å²) < 4.78 is 5.16. The summed E-state index contributed by atoms with van der Waals surface area (Å²) in [7, 11) is 0. The number of aromatic amines is 1. The monoisotopic (exact) mass is 378 g/mol. The first kappa shape index (κ1) is 19.8. The fourth-order valence-electron chi connectivity index (χ4n) is 2.32. The zero-order valence-corrected chi connectivity index (χ0v) is 16.0.